The van der Waals surface area contributed by atoms with E-state index in [-0.39, 0.29) is 5.91 Å². The number of likely N-dealkylation sites (tertiary alicyclic amines) is 1. The summed E-state index contributed by atoms with van der Waals surface area (Å²) in [7, 11) is 0. The summed E-state index contributed by atoms with van der Waals surface area (Å²) in [5.41, 5.74) is 2.02. The van der Waals surface area contributed by atoms with Crippen molar-refractivity contribution in [3.8, 4) is 5.75 Å². The van der Waals surface area contributed by atoms with Gasteiger partial charge in [-0.15, -0.1) is 11.3 Å². The van der Waals surface area contributed by atoms with Crippen LogP contribution in [0.4, 0.5) is 0 Å². The molecular weight excluding hydrogens is 346 g/mol. The molecule has 1 unspecified atom stereocenters. The van der Waals surface area contributed by atoms with Crippen LogP contribution in [-0.4, -0.2) is 41.5 Å². The maximum absolute atomic E-state index is 12.2. The number of carbonyl (C=O) groups excluding carboxylic acids is 1. The highest BCUT2D eigenvalue weighted by atomic mass is 32.1. The molecule has 26 heavy (non-hydrogen) atoms. The first-order valence-corrected chi connectivity index (χ1v) is 10.1. The molecule has 0 saturated carbocycles. The maximum atomic E-state index is 12.2. The molecule has 1 aromatic heterocycles. The predicted octanol–water partition coefficient (Wildman–Crippen LogP) is 3.17. The predicted molar refractivity (Wildman–Crippen MR) is 105 cm³/mol. The van der Waals surface area contributed by atoms with Gasteiger partial charge in [0.15, 0.2) is 0 Å². The number of thiazole rings is 1. The van der Waals surface area contributed by atoms with Gasteiger partial charge < -0.3 is 10.1 Å². The highest BCUT2D eigenvalue weighted by molar-refractivity contribution is 7.09. The van der Waals surface area contributed by atoms with Gasteiger partial charge in [-0.25, -0.2) is 4.98 Å². The number of hydrogen-bond donors (Lipinski definition) is 1. The Labute approximate surface area is 159 Å². The molecule has 1 saturated heterocycles. The average Bonchev–Trinajstić information content (AvgIpc) is 3.31. The summed E-state index contributed by atoms with van der Waals surface area (Å²) in [6.07, 6.45) is 2.86. The van der Waals surface area contributed by atoms with Crippen LogP contribution >= 0.6 is 11.3 Å². The standard InChI is InChI=1S/C20H27N3O2S/c1-15-5-7-18(8-6-15)25-13-20-22-17(14-26-20)11-19(24)21-12-16(2)23-9-3-4-10-23/h5-8,14,16H,3-4,9-13H2,1-2H3,(H,21,24). The molecule has 1 amide bonds. The summed E-state index contributed by atoms with van der Waals surface area (Å²) >= 11 is 1.53. The van der Waals surface area contributed by atoms with Gasteiger partial charge in [-0.1, -0.05) is 17.7 Å². The largest absolute Gasteiger partial charge is 0.486 e. The van der Waals surface area contributed by atoms with E-state index in [1.54, 1.807) is 0 Å². The molecule has 140 valence electrons. The first kappa shape index (κ1) is 18.9. The van der Waals surface area contributed by atoms with Crippen molar-refractivity contribution in [3.63, 3.8) is 0 Å². The minimum atomic E-state index is 0.0346. The Balaban J connectivity index is 1.41. The maximum Gasteiger partial charge on any atom is 0.226 e. The van der Waals surface area contributed by atoms with Gasteiger partial charge in [0.05, 0.1) is 12.1 Å². The molecule has 1 N–H and O–H groups in total. The third-order valence-electron chi connectivity index (χ3n) is 4.68. The Kier molecular flexibility index (Phi) is 6.63. The first-order chi connectivity index (χ1) is 12.6. The second-order valence-corrected chi connectivity index (χ2v) is 7.85. The summed E-state index contributed by atoms with van der Waals surface area (Å²) in [6.45, 7) is 7.65. The summed E-state index contributed by atoms with van der Waals surface area (Å²) in [5, 5.41) is 5.86. The highest BCUT2D eigenvalue weighted by Crippen LogP contribution is 2.16. The topological polar surface area (TPSA) is 54.5 Å². The van der Waals surface area contributed by atoms with Gasteiger partial charge in [-0.05, 0) is 51.9 Å². The molecule has 0 spiro atoms. The molecule has 1 fully saturated rings. The summed E-state index contributed by atoms with van der Waals surface area (Å²) in [6, 6.07) is 8.36. The fourth-order valence-corrected chi connectivity index (χ4v) is 3.78. The zero-order valence-corrected chi connectivity index (χ0v) is 16.3. The zero-order valence-electron chi connectivity index (χ0n) is 15.5. The molecule has 0 bridgehead atoms. The normalized spacial score (nSPS) is 15.8. The van der Waals surface area contributed by atoms with E-state index in [9.17, 15) is 4.79 Å². The second kappa shape index (κ2) is 9.14. The lowest BCUT2D eigenvalue weighted by Gasteiger charge is -2.23. The smallest absolute Gasteiger partial charge is 0.226 e. The number of nitrogens with zero attached hydrogens (tertiary/aromatic N) is 2. The van der Waals surface area contributed by atoms with Gasteiger partial charge in [0.25, 0.3) is 0 Å². The number of carbonyl (C=O) groups is 1. The van der Waals surface area contributed by atoms with Crippen LogP contribution in [0.1, 0.15) is 36.0 Å². The van der Waals surface area contributed by atoms with E-state index in [1.807, 2.05) is 36.6 Å². The van der Waals surface area contributed by atoms with E-state index in [2.05, 4.69) is 22.1 Å². The van der Waals surface area contributed by atoms with E-state index in [0.29, 0.717) is 25.6 Å². The van der Waals surface area contributed by atoms with Gasteiger partial charge in [-0.3, -0.25) is 9.69 Å². The second-order valence-electron chi connectivity index (χ2n) is 6.91. The molecule has 1 atom stereocenters. The van der Waals surface area contributed by atoms with Crippen molar-refractivity contribution in [1.29, 1.82) is 0 Å². The summed E-state index contributed by atoms with van der Waals surface area (Å²) in [5.74, 6) is 0.869. The number of nitrogens with one attached hydrogen (secondary N) is 1. The zero-order chi connectivity index (χ0) is 18.4. The number of aryl methyl sites for hydroxylation is 1. The molecule has 0 radical (unpaired) electrons. The van der Waals surface area contributed by atoms with Gasteiger partial charge in [0.2, 0.25) is 5.91 Å². The van der Waals surface area contributed by atoms with Crippen molar-refractivity contribution in [2.24, 2.45) is 0 Å². The monoisotopic (exact) mass is 373 g/mol. The lowest BCUT2D eigenvalue weighted by Crippen LogP contribution is -2.41. The highest BCUT2D eigenvalue weighted by Gasteiger charge is 2.18. The molecule has 1 aromatic carbocycles. The number of ether oxygens (including phenoxy) is 1. The van der Waals surface area contributed by atoms with Gasteiger partial charge in [0.1, 0.15) is 17.4 Å². The van der Waals surface area contributed by atoms with Gasteiger partial charge in [0, 0.05) is 18.0 Å². The molecule has 1 aliphatic heterocycles. The number of hydrogen-bond acceptors (Lipinski definition) is 5. The number of rotatable bonds is 8. The Morgan fingerprint density at radius 3 is 2.77 bits per heavy atom. The van der Waals surface area contributed by atoms with Crippen LogP contribution < -0.4 is 10.1 Å². The first-order valence-electron chi connectivity index (χ1n) is 9.23. The third kappa shape index (κ3) is 5.54. The van der Waals surface area contributed by atoms with Crippen molar-refractivity contribution in [1.82, 2.24) is 15.2 Å². The molecular formula is C20H27N3O2S. The molecule has 6 heteroatoms. The molecule has 2 heterocycles. The molecule has 3 rings (SSSR count). The van der Waals surface area contributed by atoms with E-state index >= 15 is 0 Å². The number of amides is 1. The van der Waals surface area contributed by atoms with Crippen LogP contribution in [0.2, 0.25) is 0 Å². The lowest BCUT2D eigenvalue weighted by molar-refractivity contribution is -0.120. The van der Waals surface area contributed by atoms with Crippen molar-refractivity contribution in [3.05, 3.63) is 45.9 Å². The van der Waals surface area contributed by atoms with E-state index in [0.717, 1.165) is 29.5 Å². The van der Waals surface area contributed by atoms with Gasteiger partial charge >= 0.3 is 0 Å². The van der Waals surface area contributed by atoms with E-state index < -0.39 is 0 Å². The minimum absolute atomic E-state index is 0.0346. The van der Waals surface area contributed by atoms with Crippen LogP contribution in [0.25, 0.3) is 0 Å². The van der Waals surface area contributed by atoms with Crippen molar-refractivity contribution >= 4 is 17.2 Å². The number of benzene rings is 1. The fraction of sp³-hybridized carbons (Fsp3) is 0.500. The van der Waals surface area contributed by atoms with Crippen LogP contribution in [0.3, 0.4) is 0 Å². The lowest BCUT2D eigenvalue weighted by atomic mass is 10.2. The van der Waals surface area contributed by atoms with Crippen LogP contribution in [0.15, 0.2) is 29.6 Å². The quantitative estimate of drug-likeness (QED) is 0.772. The van der Waals surface area contributed by atoms with Crippen molar-refractivity contribution in [2.75, 3.05) is 19.6 Å². The molecule has 2 aromatic rings. The summed E-state index contributed by atoms with van der Waals surface area (Å²) in [4.78, 5) is 19.1. The van der Waals surface area contributed by atoms with Crippen molar-refractivity contribution in [2.45, 2.75) is 45.8 Å². The minimum Gasteiger partial charge on any atom is -0.486 e. The molecule has 1 aliphatic rings. The SMILES string of the molecule is Cc1ccc(OCc2nc(CC(=O)NCC(C)N3CCCC3)cs2)cc1. The Bertz CT molecular complexity index is 708. The molecule has 5 nitrogen and oxygen atoms in total. The van der Waals surface area contributed by atoms with Crippen molar-refractivity contribution < 1.29 is 9.53 Å². The Morgan fingerprint density at radius 1 is 1.31 bits per heavy atom. The third-order valence-corrected chi connectivity index (χ3v) is 5.55. The van der Waals surface area contributed by atoms with Crippen LogP contribution in [0, 0.1) is 6.92 Å². The number of aromatic nitrogens is 1. The van der Waals surface area contributed by atoms with E-state index in [1.165, 1.54) is 29.7 Å². The average molecular weight is 374 g/mol. The fourth-order valence-electron chi connectivity index (χ4n) is 3.08. The van der Waals surface area contributed by atoms with Gasteiger partial charge in [-0.2, -0.15) is 0 Å². The Hall–Kier alpha value is -1.92. The van der Waals surface area contributed by atoms with Crippen LogP contribution in [0.5, 0.6) is 5.75 Å². The Morgan fingerprint density at radius 2 is 2.04 bits per heavy atom. The summed E-state index contributed by atoms with van der Waals surface area (Å²) < 4.78 is 5.74. The molecule has 0 aliphatic carbocycles. The van der Waals surface area contributed by atoms with E-state index in [4.69, 9.17) is 4.74 Å². The van der Waals surface area contributed by atoms with Crippen LogP contribution in [-0.2, 0) is 17.8 Å².